The fourth-order valence-corrected chi connectivity index (χ4v) is 2.08. The lowest BCUT2D eigenvalue weighted by Gasteiger charge is -2.30. The number of hydrogen-bond acceptors (Lipinski definition) is 3. The molecule has 4 nitrogen and oxygen atoms in total. The van der Waals surface area contributed by atoms with Crippen LogP contribution < -0.4 is 5.73 Å². The van der Waals surface area contributed by atoms with Gasteiger partial charge in [-0.15, -0.1) is 0 Å². The number of primary amides is 1. The maximum atomic E-state index is 13.8. The molecule has 0 heterocycles. The fourth-order valence-electron chi connectivity index (χ4n) is 2.08. The summed E-state index contributed by atoms with van der Waals surface area (Å²) in [7, 11) is 0. The fraction of sp³-hybridized carbons (Fsp3) is 0.500. The lowest BCUT2D eigenvalue weighted by molar-refractivity contribution is -0.119. The van der Waals surface area contributed by atoms with Gasteiger partial charge in [0.1, 0.15) is 11.6 Å². The van der Waals surface area contributed by atoms with Gasteiger partial charge in [0, 0.05) is 24.2 Å². The summed E-state index contributed by atoms with van der Waals surface area (Å²) in [5.41, 5.74) is 5.68. The standard InChI is InChI=1S/C14H21FN2O2/c1-9(2)7-17(8-14(16)19)10(3)12-5-4-11(18)6-13(12)15/h4-6,9-10,18H,7-8H2,1-3H3,(H2,16,19). The molecule has 0 aromatic heterocycles. The van der Waals surface area contributed by atoms with E-state index in [2.05, 4.69) is 0 Å². The number of hydrogen-bond donors (Lipinski definition) is 2. The highest BCUT2D eigenvalue weighted by atomic mass is 19.1. The molecule has 1 unspecified atom stereocenters. The summed E-state index contributed by atoms with van der Waals surface area (Å²) in [5.74, 6) is -0.696. The first-order valence-corrected chi connectivity index (χ1v) is 6.32. The summed E-state index contributed by atoms with van der Waals surface area (Å²) >= 11 is 0. The number of aromatic hydroxyl groups is 1. The summed E-state index contributed by atoms with van der Waals surface area (Å²) in [6.45, 7) is 6.59. The van der Waals surface area contributed by atoms with Crippen LogP contribution in [0.4, 0.5) is 4.39 Å². The van der Waals surface area contributed by atoms with Gasteiger partial charge >= 0.3 is 0 Å². The van der Waals surface area contributed by atoms with E-state index in [0.717, 1.165) is 6.07 Å². The van der Waals surface area contributed by atoms with E-state index in [9.17, 15) is 14.3 Å². The second kappa shape index (κ2) is 6.52. The molecule has 0 saturated carbocycles. The van der Waals surface area contributed by atoms with Crippen LogP contribution in [0.15, 0.2) is 18.2 Å². The zero-order valence-electron chi connectivity index (χ0n) is 11.6. The maximum Gasteiger partial charge on any atom is 0.231 e. The average Bonchev–Trinajstić information content (AvgIpc) is 2.26. The van der Waals surface area contributed by atoms with Gasteiger partial charge in [-0.1, -0.05) is 19.9 Å². The summed E-state index contributed by atoms with van der Waals surface area (Å²) in [4.78, 5) is 12.9. The Morgan fingerprint density at radius 3 is 2.53 bits per heavy atom. The first kappa shape index (κ1) is 15.4. The third-order valence-electron chi connectivity index (χ3n) is 2.94. The Hall–Kier alpha value is -1.62. The number of phenolic OH excluding ortho intramolecular Hbond substituents is 1. The van der Waals surface area contributed by atoms with Crippen molar-refractivity contribution in [3.05, 3.63) is 29.6 Å². The number of rotatable bonds is 6. The molecule has 0 spiro atoms. The number of nitrogens with zero attached hydrogens (tertiary/aromatic N) is 1. The molecule has 0 radical (unpaired) electrons. The Kier molecular flexibility index (Phi) is 5.30. The van der Waals surface area contributed by atoms with Crippen molar-refractivity contribution in [1.82, 2.24) is 4.90 Å². The van der Waals surface area contributed by atoms with E-state index >= 15 is 0 Å². The molecule has 0 bridgehead atoms. The lowest BCUT2D eigenvalue weighted by Crippen LogP contribution is -2.38. The Balaban J connectivity index is 2.96. The Morgan fingerprint density at radius 2 is 2.05 bits per heavy atom. The molecular weight excluding hydrogens is 247 g/mol. The molecule has 1 atom stereocenters. The van der Waals surface area contributed by atoms with Crippen LogP contribution in [0.5, 0.6) is 5.75 Å². The quantitative estimate of drug-likeness (QED) is 0.829. The Morgan fingerprint density at radius 1 is 1.42 bits per heavy atom. The molecule has 1 amide bonds. The SMILES string of the molecule is CC(C)CN(CC(N)=O)C(C)c1ccc(O)cc1F. The maximum absolute atomic E-state index is 13.8. The van der Waals surface area contributed by atoms with Crippen LogP contribution in [-0.2, 0) is 4.79 Å². The zero-order chi connectivity index (χ0) is 14.6. The highest BCUT2D eigenvalue weighted by molar-refractivity contribution is 5.76. The Bertz CT molecular complexity index is 449. The molecule has 1 aromatic carbocycles. The van der Waals surface area contributed by atoms with Crippen LogP contribution >= 0.6 is 0 Å². The van der Waals surface area contributed by atoms with Crippen molar-refractivity contribution in [3.8, 4) is 5.75 Å². The molecule has 5 heteroatoms. The van der Waals surface area contributed by atoms with Crippen molar-refractivity contribution in [3.63, 3.8) is 0 Å². The molecule has 3 N–H and O–H groups in total. The molecule has 0 saturated heterocycles. The molecule has 106 valence electrons. The van der Waals surface area contributed by atoms with Crippen molar-refractivity contribution in [2.45, 2.75) is 26.8 Å². The largest absolute Gasteiger partial charge is 0.508 e. The van der Waals surface area contributed by atoms with Crippen LogP contribution in [0.25, 0.3) is 0 Å². The van der Waals surface area contributed by atoms with Gasteiger partial charge in [0.05, 0.1) is 6.54 Å². The third kappa shape index (κ3) is 4.52. The van der Waals surface area contributed by atoms with Gasteiger partial charge in [-0.25, -0.2) is 4.39 Å². The van der Waals surface area contributed by atoms with Crippen molar-refractivity contribution < 1.29 is 14.3 Å². The van der Waals surface area contributed by atoms with Crippen molar-refractivity contribution in [1.29, 1.82) is 0 Å². The first-order valence-electron chi connectivity index (χ1n) is 6.32. The van der Waals surface area contributed by atoms with E-state index < -0.39 is 11.7 Å². The summed E-state index contributed by atoms with van der Waals surface area (Å²) in [6.07, 6.45) is 0. The monoisotopic (exact) mass is 268 g/mol. The van der Waals surface area contributed by atoms with Gasteiger partial charge < -0.3 is 10.8 Å². The van der Waals surface area contributed by atoms with Gasteiger partial charge in [0.25, 0.3) is 0 Å². The van der Waals surface area contributed by atoms with E-state index in [-0.39, 0.29) is 18.3 Å². The van der Waals surface area contributed by atoms with E-state index in [1.165, 1.54) is 12.1 Å². The summed E-state index contributed by atoms with van der Waals surface area (Å²) < 4.78 is 13.8. The van der Waals surface area contributed by atoms with E-state index in [0.29, 0.717) is 18.0 Å². The topological polar surface area (TPSA) is 66.6 Å². The number of benzene rings is 1. The zero-order valence-corrected chi connectivity index (χ0v) is 11.6. The normalized spacial score (nSPS) is 12.9. The predicted octanol–water partition coefficient (Wildman–Crippen LogP) is 2.04. The third-order valence-corrected chi connectivity index (χ3v) is 2.94. The minimum atomic E-state index is -0.481. The molecule has 0 fully saturated rings. The van der Waals surface area contributed by atoms with Gasteiger partial charge in [-0.2, -0.15) is 0 Å². The molecular formula is C14H21FN2O2. The van der Waals surface area contributed by atoms with Gasteiger partial charge in [0.2, 0.25) is 5.91 Å². The summed E-state index contributed by atoms with van der Waals surface area (Å²) in [6, 6.07) is 3.76. The van der Waals surface area contributed by atoms with E-state index in [1.54, 1.807) is 0 Å². The number of nitrogens with two attached hydrogens (primary N) is 1. The van der Waals surface area contributed by atoms with Gasteiger partial charge in [-0.3, -0.25) is 9.69 Å². The van der Waals surface area contributed by atoms with Gasteiger partial charge in [0.15, 0.2) is 0 Å². The smallest absolute Gasteiger partial charge is 0.231 e. The average molecular weight is 268 g/mol. The first-order chi connectivity index (χ1) is 8.81. The number of carbonyl (C=O) groups is 1. The summed E-state index contributed by atoms with van der Waals surface area (Å²) in [5, 5.41) is 9.22. The predicted molar refractivity (Wildman–Crippen MR) is 72.1 cm³/mol. The molecule has 0 aliphatic carbocycles. The molecule has 1 aromatic rings. The highest BCUT2D eigenvalue weighted by Gasteiger charge is 2.21. The van der Waals surface area contributed by atoms with Crippen LogP contribution in [0.2, 0.25) is 0 Å². The van der Waals surface area contributed by atoms with Crippen LogP contribution in [-0.4, -0.2) is 29.0 Å². The van der Waals surface area contributed by atoms with Gasteiger partial charge in [-0.05, 0) is 18.9 Å². The highest BCUT2D eigenvalue weighted by Crippen LogP contribution is 2.26. The molecule has 19 heavy (non-hydrogen) atoms. The minimum absolute atomic E-state index is 0.0830. The van der Waals surface area contributed by atoms with Crippen molar-refractivity contribution in [2.24, 2.45) is 11.7 Å². The van der Waals surface area contributed by atoms with Crippen LogP contribution in [0, 0.1) is 11.7 Å². The lowest BCUT2D eigenvalue weighted by atomic mass is 10.0. The van der Waals surface area contributed by atoms with Crippen molar-refractivity contribution in [2.75, 3.05) is 13.1 Å². The second-order valence-corrected chi connectivity index (χ2v) is 5.17. The number of carbonyl (C=O) groups excluding carboxylic acids is 1. The van der Waals surface area contributed by atoms with E-state index in [1.807, 2.05) is 25.7 Å². The molecule has 1 rings (SSSR count). The Labute approximate surface area is 113 Å². The minimum Gasteiger partial charge on any atom is -0.508 e. The van der Waals surface area contributed by atoms with E-state index in [4.69, 9.17) is 5.73 Å². The molecule has 0 aliphatic rings. The number of halogens is 1. The second-order valence-electron chi connectivity index (χ2n) is 5.17. The van der Waals surface area contributed by atoms with Crippen LogP contribution in [0.1, 0.15) is 32.4 Å². The number of phenols is 1. The van der Waals surface area contributed by atoms with Crippen molar-refractivity contribution >= 4 is 5.91 Å². The van der Waals surface area contributed by atoms with Crippen LogP contribution in [0.3, 0.4) is 0 Å². The molecule has 0 aliphatic heterocycles. The number of amides is 1.